The molecule has 1 fully saturated rings. The Morgan fingerprint density at radius 1 is 1.32 bits per heavy atom. The first-order valence-electron chi connectivity index (χ1n) is 9.00. The van der Waals surface area contributed by atoms with Gasteiger partial charge in [0.15, 0.2) is 0 Å². The van der Waals surface area contributed by atoms with E-state index < -0.39 is 0 Å². The molecule has 1 aliphatic rings. The van der Waals surface area contributed by atoms with Gasteiger partial charge in [-0.1, -0.05) is 50.7 Å². The summed E-state index contributed by atoms with van der Waals surface area (Å²) in [6, 6.07) is 9.92. The molecule has 5 nitrogen and oxygen atoms in total. The van der Waals surface area contributed by atoms with Crippen LogP contribution in [0.15, 0.2) is 35.5 Å². The lowest BCUT2D eigenvalue weighted by atomic mass is 9.66. The van der Waals surface area contributed by atoms with Crippen molar-refractivity contribution in [2.75, 3.05) is 0 Å². The minimum absolute atomic E-state index is 0.130. The van der Waals surface area contributed by atoms with E-state index in [2.05, 4.69) is 36.3 Å². The predicted molar refractivity (Wildman–Crippen MR) is 99.8 cm³/mol. The van der Waals surface area contributed by atoms with Crippen LogP contribution in [-0.2, 0) is 4.79 Å². The van der Waals surface area contributed by atoms with Crippen LogP contribution < -0.4 is 0 Å². The number of carbonyl (C=O) groups excluding carboxylic acids is 1. The van der Waals surface area contributed by atoms with Crippen LogP contribution in [0.3, 0.4) is 0 Å². The summed E-state index contributed by atoms with van der Waals surface area (Å²) >= 11 is 1.68. The number of para-hydroxylation sites is 1. The van der Waals surface area contributed by atoms with E-state index in [1.54, 1.807) is 16.4 Å². The third-order valence-corrected chi connectivity index (χ3v) is 6.29. The topological polar surface area (TPSA) is 60.7 Å². The number of thioether (sulfide) groups is 1. The maximum Gasteiger partial charge on any atom is 0.214 e. The second kappa shape index (κ2) is 7.68. The third kappa shape index (κ3) is 4.29. The number of rotatable bonds is 6. The van der Waals surface area contributed by atoms with Crippen LogP contribution in [0.4, 0.5) is 0 Å². The minimum Gasteiger partial charge on any atom is -0.299 e. The molecule has 0 aliphatic heterocycles. The molecule has 2 aromatic rings. The number of benzene rings is 1. The molecule has 0 radical (unpaired) electrons. The zero-order chi connectivity index (χ0) is 17.9. The van der Waals surface area contributed by atoms with E-state index in [4.69, 9.17) is 0 Å². The van der Waals surface area contributed by atoms with Crippen molar-refractivity contribution in [3.05, 3.63) is 30.3 Å². The zero-order valence-corrected chi connectivity index (χ0v) is 16.0. The molecule has 25 heavy (non-hydrogen) atoms. The minimum atomic E-state index is 0.130. The normalized spacial score (nSPS) is 21.2. The van der Waals surface area contributed by atoms with Gasteiger partial charge in [0.1, 0.15) is 5.78 Å². The van der Waals surface area contributed by atoms with E-state index in [0.717, 1.165) is 42.9 Å². The molecule has 1 aliphatic carbocycles. The molecule has 0 saturated heterocycles. The highest BCUT2D eigenvalue weighted by molar-refractivity contribution is 7.99. The van der Waals surface area contributed by atoms with Crippen molar-refractivity contribution in [1.29, 1.82) is 0 Å². The Balaban J connectivity index is 1.61. The fraction of sp³-hybridized carbons (Fsp3) is 0.579. The highest BCUT2D eigenvalue weighted by Crippen LogP contribution is 2.42. The van der Waals surface area contributed by atoms with Crippen LogP contribution in [0.25, 0.3) is 5.69 Å². The summed E-state index contributed by atoms with van der Waals surface area (Å²) in [4.78, 5) is 12.3. The maximum atomic E-state index is 12.3. The van der Waals surface area contributed by atoms with Gasteiger partial charge in [-0.2, -0.15) is 4.68 Å². The Kier molecular flexibility index (Phi) is 5.57. The zero-order valence-electron chi connectivity index (χ0n) is 15.2. The lowest BCUT2D eigenvalue weighted by Crippen LogP contribution is -2.35. The molecule has 0 spiro atoms. The van der Waals surface area contributed by atoms with E-state index in [-0.39, 0.29) is 11.3 Å². The molecular weight excluding hydrogens is 332 g/mol. The number of Topliss-reactive ketones (excluding diaryl/α,β-unsaturated/α-hetero) is 1. The quantitative estimate of drug-likeness (QED) is 0.720. The summed E-state index contributed by atoms with van der Waals surface area (Å²) < 4.78 is 1.77. The Hall–Kier alpha value is -1.69. The molecular formula is C19H26N4OS. The maximum absolute atomic E-state index is 12.3. The van der Waals surface area contributed by atoms with Crippen molar-refractivity contribution in [3.63, 3.8) is 0 Å². The van der Waals surface area contributed by atoms with Crippen molar-refractivity contribution in [2.24, 2.45) is 11.3 Å². The van der Waals surface area contributed by atoms with Gasteiger partial charge in [0, 0.05) is 17.6 Å². The van der Waals surface area contributed by atoms with Gasteiger partial charge in [-0.3, -0.25) is 4.79 Å². The molecule has 6 heteroatoms. The van der Waals surface area contributed by atoms with E-state index in [0.29, 0.717) is 11.0 Å². The first-order valence-corrected chi connectivity index (χ1v) is 9.88. The van der Waals surface area contributed by atoms with Crippen LogP contribution in [0.5, 0.6) is 0 Å². The molecule has 3 rings (SSSR count). The van der Waals surface area contributed by atoms with Crippen molar-refractivity contribution >= 4 is 17.5 Å². The van der Waals surface area contributed by atoms with Gasteiger partial charge in [-0.05, 0) is 53.7 Å². The summed E-state index contributed by atoms with van der Waals surface area (Å²) in [5.41, 5.74) is 1.09. The fourth-order valence-electron chi connectivity index (χ4n) is 3.68. The van der Waals surface area contributed by atoms with Gasteiger partial charge in [-0.25, -0.2) is 0 Å². The van der Waals surface area contributed by atoms with Gasteiger partial charge in [-0.15, -0.1) is 5.10 Å². The molecule has 2 atom stereocenters. The number of tetrazole rings is 1. The number of aromatic nitrogens is 4. The van der Waals surface area contributed by atoms with Crippen molar-refractivity contribution in [3.8, 4) is 5.69 Å². The van der Waals surface area contributed by atoms with E-state index in [1.807, 2.05) is 30.3 Å². The second-order valence-corrected chi connectivity index (χ2v) is 8.98. The summed E-state index contributed by atoms with van der Waals surface area (Å²) in [7, 11) is 0. The Labute approximate surface area is 153 Å². The Morgan fingerprint density at radius 2 is 2.08 bits per heavy atom. The first kappa shape index (κ1) is 18.1. The van der Waals surface area contributed by atoms with E-state index in [9.17, 15) is 4.79 Å². The molecule has 1 aromatic heterocycles. The fourth-order valence-corrected chi connectivity index (χ4v) is 4.62. The van der Waals surface area contributed by atoms with Crippen LogP contribution >= 0.6 is 11.8 Å². The highest BCUT2D eigenvalue weighted by Gasteiger charge is 2.37. The number of hydrogen-bond acceptors (Lipinski definition) is 5. The third-order valence-electron chi connectivity index (χ3n) is 5.19. The van der Waals surface area contributed by atoms with Crippen LogP contribution in [0.2, 0.25) is 0 Å². The number of carbonyl (C=O) groups is 1. The average Bonchev–Trinajstić information content (AvgIpc) is 3.02. The van der Waals surface area contributed by atoms with Crippen LogP contribution in [0, 0.1) is 11.3 Å². The van der Waals surface area contributed by atoms with Gasteiger partial charge in [0.2, 0.25) is 5.16 Å². The Bertz CT molecular complexity index is 713. The van der Waals surface area contributed by atoms with Gasteiger partial charge < -0.3 is 0 Å². The molecule has 0 bridgehead atoms. The molecule has 1 aromatic carbocycles. The lowest BCUT2D eigenvalue weighted by molar-refractivity contribution is -0.129. The largest absolute Gasteiger partial charge is 0.299 e. The van der Waals surface area contributed by atoms with E-state index in [1.165, 1.54) is 0 Å². The number of ketones is 1. The van der Waals surface area contributed by atoms with Crippen molar-refractivity contribution in [1.82, 2.24) is 20.2 Å². The second-order valence-electron chi connectivity index (χ2n) is 7.58. The Morgan fingerprint density at radius 3 is 2.80 bits per heavy atom. The predicted octanol–water partition coefficient (Wildman–Crippen LogP) is 4.32. The SMILES string of the molecule is CC(CC[C@@H]1C(=O)CCCC1(C)C)Sc1nnnn1-c1ccccc1. The molecule has 134 valence electrons. The van der Waals surface area contributed by atoms with E-state index >= 15 is 0 Å². The standard InChI is InChI=1S/C19H26N4OS/c1-14(11-12-16-17(24)10-7-13-19(16,2)3)25-18-20-21-22-23(18)15-8-5-4-6-9-15/h4-6,8-9,14,16H,7,10-13H2,1-3H3/t14?,16-/m1/s1. The number of nitrogens with zero attached hydrogens (tertiary/aromatic N) is 4. The molecule has 0 N–H and O–H groups in total. The van der Waals surface area contributed by atoms with Crippen molar-refractivity contribution < 1.29 is 4.79 Å². The molecule has 1 heterocycles. The van der Waals surface area contributed by atoms with Gasteiger partial charge in [0.25, 0.3) is 0 Å². The summed E-state index contributed by atoms with van der Waals surface area (Å²) in [5, 5.41) is 13.3. The first-order chi connectivity index (χ1) is 12.0. The van der Waals surface area contributed by atoms with Crippen LogP contribution in [-0.4, -0.2) is 31.2 Å². The van der Waals surface area contributed by atoms with Crippen LogP contribution in [0.1, 0.15) is 52.9 Å². The van der Waals surface area contributed by atoms with Gasteiger partial charge >= 0.3 is 0 Å². The monoisotopic (exact) mass is 358 g/mol. The summed E-state index contributed by atoms with van der Waals surface area (Å²) in [5.74, 6) is 0.636. The molecule has 0 amide bonds. The molecule has 1 unspecified atom stereocenters. The molecule has 1 saturated carbocycles. The van der Waals surface area contributed by atoms with Crippen molar-refractivity contribution in [2.45, 2.75) is 63.3 Å². The highest BCUT2D eigenvalue weighted by atomic mass is 32.2. The average molecular weight is 359 g/mol. The smallest absolute Gasteiger partial charge is 0.214 e. The summed E-state index contributed by atoms with van der Waals surface area (Å²) in [6.45, 7) is 6.67. The van der Waals surface area contributed by atoms with Gasteiger partial charge in [0.05, 0.1) is 5.69 Å². The summed E-state index contributed by atoms with van der Waals surface area (Å²) in [6.07, 6.45) is 4.89. The number of hydrogen-bond donors (Lipinski definition) is 0. The lowest BCUT2D eigenvalue weighted by Gasteiger charge is -2.37.